The molecule has 0 bridgehead atoms. The Hall–Kier alpha value is -0.340. The zero-order valence-corrected chi connectivity index (χ0v) is 11.4. The molecule has 0 unspecified atom stereocenters. The SMILES string of the molecule is COC1(c2cccc(CBr)c2)CCCCC1. The molecule has 88 valence electrons. The highest BCUT2D eigenvalue weighted by atomic mass is 79.9. The molecule has 1 aromatic carbocycles. The fourth-order valence-corrected chi connectivity index (χ4v) is 3.02. The molecule has 1 nitrogen and oxygen atoms in total. The molecule has 0 atom stereocenters. The Morgan fingerprint density at radius 1 is 1.25 bits per heavy atom. The maximum Gasteiger partial charge on any atom is 0.0927 e. The molecule has 1 aliphatic rings. The van der Waals surface area contributed by atoms with Gasteiger partial charge in [0.15, 0.2) is 0 Å². The number of benzene rings is 1. The fraction of sp³-hybridized carbons (Fsp3) is 0.571. The van der Waals surface area contributed by atoms with Crippen molar-refractivity contribution >= 4 is 15.9 Å². The molecule has 1 aliphatic carbocycles. The summed E-state index contributed by atoms with van der Waals surface area (Å²) < 4.78 is 5.85. The van der Waals surface area contributed by atoms with Crippen LogP contribution in [0.25, 0.3) is 0 Å². The van der Waals surface area contributed by atoms with Crippen molar-refractivity contribution in [2.75, 3.05) is 7.11 Å². The third-order valence-electron chi connectivity index (χ3n) is 3.66. The third kappa shape index (κ3) is 2.33. The van der Waals surface area contributed by atoms with Gasteiger partial charge in [0.25, 0.3) is 0 Å². The molecule has 0 saturated heterocycles. The normalized spacial score (nSPS) is 19.6. The molecule has 1 saturated carbocycles. The van der Waals surface area contributed by atoms with Crippen molar-refractivity contribution in [1.29, 1.82) is 0 Å². The van der Waals surface area contributed by atoms with Gasteiger partial charge in [0.1, 0.15) is 0 Å². The van der Waals surface area contributed by atoms with Crippen LogP contribution in [0, 0.1) is 0 Å². The first-order valence-corrected chi connectivity index (χ1v) is 7.13. The molecule has 1 fully saturated rings. The van der Waals surface area contributed by atoms with Crippen molar-refractivity contribution in [3.63, 3.8) is 0 Å². The van der Waals surface area contributed by atoms with Crippen molar-refractivity contribution < 1.29 is 4.74 Å². The largest absolute Gasteiger partial charge is 0.374 e. The summed E-state index contributed by atoms with van der Waals surface area (Å²) in [5, 5.41) is 0.917. The zero-order chi connectivity index (χ0) is 11.4. The summed E-state index contributed by atoms with van der Waals surface area (Å²) >= 11 is 3.51. The molecule has 0 aromatic heterocycles. The summed E-state index contributed by atoms with van der Waals surface area (Å²) in [7, 11) is 1.85. The van der Waals surface area contributed by atoms with Gasteiger partial charge in [-0.3, -0.25) is 0 Å². The Balaban J connectivity index is 2.31. The molecule has 0 aliphatic heterocycles. The quantitative estimate of drug-likeness (QED) is 0.748. The second-order valence-electron chi connectivity index (χ2n) is 4.59. The molecule has 0 amide bonds. The van der Waals surface area contributed by atoms with Gasteiger partial charge in [0, 0.05) is 12.4 Å². The highest BCUT2D eigenvalue weighted by Gasteiger charge is 2.33. The topological polar surface area (TPSA) is 9.23 Å². The molecule has 16 heavy (non-hydrogen) atoms. The Labute approximate surface area is 106 Å². The highest BCUT2D eigenvalue weighted by molar-refractivity contribution is 9.08. The van der Waals surface area contributed by atoms with Crippen LogP contribution >= 0.6 is 15.9 Å². The second-order valence-corrected chi connectivity index (χ2v) is 5.15. The van der Waals surface area contributed by atoms with Gasteiger partial charge in [-0.05, 0) is 24.0 Å². The monoisotopic (exact) mass is 282 g/mol. The van der Waals surface area contributed by atoms with Gasteiger partial charge in [-0.1, -0.05) is 59.5 Å². The molecular weight excluding hydrogens is 264 g/mol. The fourth-order valence-electron chi connectivity index (χ4n) is 2.67. The van der Waals surface area contributed by atoms with E-state index in [9.17, 15) is 0 Å². The van der Waals surface area contributed by atoms with E-state index in [1.54, 1.807) is 0 Å². The zero-order valence-electron chi connectivity index (χ0n) is 9.84. The Bertz CT molecular complexity index is 342. The minimum atomic E-state index is -0.0174. The van der Waals surface area contributed by atoms with E-state index in [-0.39, 0.29) is 5.60 Å². The van der Waals surface area contributed by atoms with Gasteiger partial charge in [0.05, 0.1) is 5.60 Å². The van der Waals surface area contributed by atoms with Crippen LogP contribution in [0.2, 0.25) is 0 Å². The lowest BCUT2D eigenvalue weighted by molar-refractivity contribution is -0.0445. The Morgan fingerprint density at radius 3 is 2.62 bits per heavy atom. The summed E-state index contributed by atoms with van der Waals surface area (Å²) in [6.45, 7) is 0. The van der Waals surface area contributed by atoms with Gasteiger partial charge < -0.3 is 4.74 Å². The van der Waals surface area contributed by atoms with Crippen LogP contribution in [0.15, 0.2) is 24.3 Å². The molecular formula is C14H19BrO. The summed E-state index contributed by atoms with van der Waals surface area (Å²) in [6.07, 6.45) is 6.24. The number of hydrogen-bond donors (Lipinski definition) is 0. The maximum absolute atomic E-state index is 5.85. The molecule has 0 N–H and O–H groups in total. The van der Waals surface area contributed by atoms with Crippen LogP contribution < -0.4 is 0 Å². The lowest BCUT2D eigenvalue weighted by atomic mass is 9.79. The molecule has 0 heterocycles. The van der Waals surface area contributed by atoms with E-state index >= 15 is 0 Å². The van der Waals surface area contributed by atoms with Crippen LogP contribution in [-0.4, -0.2) is 7.11 Å². The van der Waals surface area contributed by atoms with Crippen LogP contribution in [-0.2, 0) is 15.7 Å². The van der Waals surface area contributed by atoms with Crippen molar-refractivity contribution in [3.05, 3.63) is 35.4 Å². The average molecular weight is 283 g/mol. The number of rotatable bonds is 3. The smallest absolute Gasteiger partial charge is 0.0927 e. The lowest BCUT2D eigenvalue weighted by Crippen LogP contribution is -2.31. The standard InChI is InChI=1S/C14H19BrO/c1-16-14(8-3-2-4-9-14)13-7-5-6-12(10-13)11-15/h5-7,10H,2-4,8-9,11H2,1H3. The number of halogens is 1. The summed E-state index contributed by atoms with van der Waals surface area (Å²) in [5.41, 5.74) is 2.67. The van der Waals surface area contributed by atoms with E-state index in [1.165, 1.54) is 30.4 Å². The minimum absolute atomic E-state index is 0.0174. The first kappa shape index (κ1) is 12.1. The predicted octanol–water partition coefficient (Wildman–Crippen LogP) is 4.39. The van der Waals surface area contributed by atoms with Crippen molar-refractivity contribution in [3.8, 4) is 0 Å². The molecule has 2 heteroatoms. The third-order valence-corrected chi connectivity index (χ3v) is 4.31. The average Bonchev–Trinajstić information content (AvgIpc) is 2.39. The first-order valence-electron chi connectivity index (χ1n) is 6.01. The van der Waals surface area contributed by atoms with Crippen LogP contribution in [0.4, 0.5) is 0 Å². The summed E-state index contributed by atoms with van der Waals surface area (Å²) in [5.74, 6) is 0. The highest BCUT2D eigenvalue weighted by Crippen LogP contribution is 2.40. The van der Waals surface area contributed by atoms with Gasteiger partial charge in [-0.25, -0.2) is 0 Å². The lowest BCUT2D eigenvalue weighted by Gasteiger charge is -2.36. The molecule has 2 rings (SSSR count). The van der Waals surface area contributed by atoms with Crippen LogP contribution in [0.1, 0.15) is 43.2 Å². The first-order chi connectivity index (χ1) is 7.80. The predicted molar refractivity (Wildman–Crippen MR) is 70.8 cm³/mol. The number of alkyl halides is 1. The van der Waals surface area contributed by atoms with Crippen molar-refractivity contribution in [1.82, 2.24) is 0 Å². The Kier molecular flexibility index (Phi) is 4.04. The van der Waals surface area contributed by atoms with E-state index in [2.05, 4.69) is 40.2 Å². The van der Waals surface area contributed by atoms with Gasteiger partial charge >= 0.3 is 0 Å². The summed E-state index contributed by atoms with van der Waals surface area (Å²) in [6, 6.07) is 8.79. The van der Waals surface area contributed by atoms with E-state index in [1.807, 2.05) is 7.11 Å². The number of hydrogen-bond acceptors (Lipinski definition) is 1. The Morgan fingerprint density at radius 2 is 2.00 bits per heavy atom. The van der Waals surface area contributed by atoms with E-state index < -0.39 is 0 Å². The van der Waals surface area contributed by atoms with E-state index in [0.29, 0.717) is 0 Å². The minimum Gasteiger partial charge on any atom is -0.374 e. The number of ether oxygens (including phenoxy) is 1. The summed E-state index contributed by atoms with van der Waals surface area (Å²) in [4.78, 5) is 0. The second kappa shape index (κ2) is 5.33. The molecule has 0 radical (unpaired) electrons. The van der Waals surface area contributed by atoms with Crippen LogP contribution in [0.5, 0.6) is 0 Å². The molecule has 1 aromatic rings. The van der Waals surface area contributed by atoms with Crippen molar-refractivity contribution in [2.24, 2.45) is 0 Å². The van der Waals surface area contributed by atoms with E-state index in [0.717, 1.165) is 18.2 Å². The van der Waals surface area contributed by atoms with E-state index in [4.69, 9.17) is 4.74 Å². The van der Waals surface area contributed by atoms with Crippen molar-refractivity contribution in [2.45, 2.75) is 43.0 Å². The van der Waals surface area contributed by atoms with Crippen LogP contribution in [0.3, 0.4) is 0 Å². The maximum atomic E-state index is 5.85. The molecule has 0 spiro atoms. The van der Waals surface area contributed by atoms with Gasteiger partial charge in [-0.2, -0.15) is 0 Å². The number of methoxy groups -OCH3 is 1. The van der Waals surface area contributed by atoms with Gasteiger partial charge in [-0.15, -0.1) is 0 Å². The van der Waals surface area contributed by atoms with Gasteiger partial charge in [0.2, 0.25) is 0 Å².